The van der Waals surface area contributed by atoms with E-state index in [4.69, 9.17) is 0 Å². The molecule has 1 unspecified atom stereocenters. The molecule has 3 rings (SSSR count). The van der Waals surface area contributed by atoms with Gasteiger partial charge in [-0.2, -0.15) is 5.10 Å². The van der Waals surface area contributed by atoms with E-state index in [-0.39, 0.29) is 18.3 Å². The third kappa shape index (κ3) is 5.34. The summed E-state index contributed by atoms with van der Waals surface area (Å²) in [6.45, 7) is 5.25. The van der Waals surface area contributed by atoms with Gasteiger partial charge in [-0.25, -0.2) is 9.18 Å². The molecule has 30 heavy (non-hydrogen) atoms. The largest absolute Gasteiger partial charge is 0.368 e. The molecule has 1 aliphatic heterocycles. The number of rotatable bonds is 5. The predicted molar refractivity (Wildman–Crippen MR) is 109 cm³/mol. The van der Waals surface area contributed by atoms with Crippen LogP contribution in [0.4, 0.5) is 14.9 Å². The van der Waals surface area contributed by atoms with Crippen LogP contribution in [-0.2, 0) is 9.59 Å². The van der Waals surface area contributed by atoms with E-state index in [1.165, 1.54) is 19.1 Å². The molecule has 2 aromatic rings. The number of urea groups is 1. The number of anilines is 1. The fourth-order valence-electron chi connectivity index (χ4n) is 3.37. The van der Waals surface area contributed by atoms with Crippen LogP contribution in [0.25, 0.3) is 11.1 Å². The Balaban J connectivity index is 1.55. The molecular formula is C20H25FN6O3. The van der Waals surface area contributed by atoms with Crippen molar-refractivity contribution in [2.24, 2.45) is 5.92 Å². The van der Waals surface area contributed by atoms with Gasteiger partial charge in [0.25, 0.3) is 0 Å². The van der Waals surface area contributed by atoms with Crippen LogP contribution in [0.5, 0.6) is 0 Å². The number of H-pyrrole nitrogens is 1. The molecule has 0 aliphatic carbocycles. The summed E-state index contributed by atoms with van der Waals surface area (Å²) in [5, 5.41) is 11.2. The Hall–Kier alpha value is -3.43. The summed E-state index contributed by atoms with van der Waals surface area (Å²) in [5.74, 6) is -1.28. The maximum absolute atomic E-state index is 14.1. The number of aromatic nitrogens is 2. The average Bonchev–Trinajstić information content (AvgIpc) is 3.25. The summed E-state index contributed by atoms with van der Waals surface area (Å²) < 4.78 is 14.1. The fourth-order valence-corrected chi connectivity index (χ4v) is 3.37. The molecule has 1 aliphatic rings. The monoisotopic (exact) mass is 416 g/mol. The molecule has 2 heterocycles. The van der Waals surface area contributed by atoms with Crippen LogP contribution in [0.3, 0.4) is 0 Å². The van der Waals surface area contributed by atoms with E-state index in [2.05, 4.69) is 20.8 Å². The number of imide groups is 1. The highest BCUT2D eigenvalue weighted by Crippen LogP contribution is 2.26. The number of hydrogen-bond acceptors (Lipinski definition) is 5. The number of piperazine rings is 1. The molecule has 1 aromatic carbocycles. The molecule has 1 aromatic heterocycles. The molecule has 0 bridgehead atoms. The number of carbonyl (C=O) groups is 3. The molecule has 10 heteroatoms. The lowest BCUT2D eigenvalue weighted by atomic mass is 10.1. The average molecular weight is 416 g/mol. The highest BCUT2D eigenvalue weighted by molar-refractivity contribution is 5.93. The Morgan fingerprint density at radius 1 is 1.17 bits per heavy atom. The maximum atomic E-state index is 14.1. The van der Waals surface area contributed by atoms with Gasteiger partial charge in [-0.1, -0.05) is 6.92 Å². The Bertz CT molecular complexity index is 909. The van der Waals surface area contributed by atoms with Gasteiger partial charge in [-0.3, -0.25) is 20.0 Å². The van der Waals surface area contributed by atoms with Crippen molar-refractivity contribution in [1.29, 1.82) is 0 Å². The van der Waals surface area contributed by atoms with Crippen molar-refractivity contribution in [2.45, 2.75) is 13.8 Å². The number of carbonyl (C=O) groups excluding carboxylic acids is 3. The number of halogens is 1. The lowest BCUT2D eigenvalue weighted by Crippen LogP contribution is -2.51. The van der Waals surface area contributed by atoms with Crippen LogP contribution in [0.2, 0.25) is 0 Å². The molecule has 0 saturated carbocycles. The van der Waals surface area contributed by atoms with Crippen molar-refractivity contribution in [3.8, 4) is 11.1 Å². The minimum atomic E-state index is -0.619. The number of benzene rings is 1. The number of nitrogens with one attached hydrogen (secondary N) is 3. The molecule has 4 amide bonds. The number of amides is 4. The normalized spacial score (nSPS) is 14.9. The van der Waals surface area contributed by atoms with E-state index in [0.29, 0.717) is 26.2 Å². The van der Waals surface area contributed by atoms with Crippen molar-refractivity contribution in [1.82, 2.24) is 25.7 Å². The molecule has 0 spiro atoms. The Morgan fingerprint density at radius 2 is 1.90 bits per heavy atom. The van der Waals surface area contributed by atoms with Crippen molar-refractivity contribution in [3.05, 3.63) is 36.4 Å². The first-order valence-electron chi connectivity index (χ1n) is 9.72. The number of nitrogens with zero attached hydrogens (tertiary/aromatic N) is 3. The minimum Gasteiger partial charge on any atom is -0.368 e. The lowest BCUT2D eigenvalue weighted by molar-refractivity contribution is -0.135. The van der Waals surface area contributed by atoms with Crippen LogP contribution >= 0.6 is 0 Å². The van der Waals surface area contributed by atoms with E-state index in [9.17, 15) is 18.8 Å². The van der Waals surface area contributed by atoms with Crippen molar-refractivity contribution in [2.75, 3.05) is 37.6 Å². The van der Waals surface area contributed by atoms with Gasteiger partial charge in [0.1, 0.15) is 5.82 Å². The van der Waals surface area contributed by atoms with Gasteiger partial charge in [0.05, 0.1) is 12.1 Å². The van der Waals surface area contributed by atoms with Crippen molar-refractivity contribution < 1.29 is 18.8 Å². The van der Waals surface area contributed by atoms with Gasteiger partial charge in [0.15, 0.2) is 0 Å². The van der Waals surface area contributed by atoms with Crippen LogP contribution in [0.15, 0.2) is 30.6 Å². The third-order valence-corrected chi connectivity index (χ3v) is 4.95. The molecule has 1 fully saturated rings. The summed E-state index contributed by atoms with van der Waals surface area (Å²) in [4.78, 5) is 38.8. The second kappa shape index (κ2) is 9.38. The first-order chi connectivity index (χ1) is 14.3. The van der Waals surface area contributed by atoms with E-state index in [0.717, 1.165) is 16.8 Å². The Labute approximate surface area is 173 Å². The zero-order valence-electron chi connectivity index (χ0n) is 16.9. The second-order valence-corrected chi connectivity index (χ2v) is 7.29. The van der Waals surface area contributed by atoms with E-state index < -0.39 is 17.9 Å². The van der Waals surface area contributed by atoms with Gasteiger partial charge < -0.3 is 15.1 Å². The summed E-state index contributed by atoms with van der Waals surface area (Å²) in [6.07, 6.45) is 3.35. The molecule has 1 atom stereocenters. The van der Waals surface area contributed by atoms with E-state index in [1.807, 2.05) is 11.0 Å². The zero-order chi connectivity index (χ0) is 21.7. The smallest absolute Gasteiger partial charge is 0.321 e. The van der Waals surface area contributed by atoms with Crippen LogP contribution in [-0.4, -0.2) is 65.7 Å². The molecule has 0 radical (unpaired) electrons. The predicted octanol–water partition coefficient (Wildman–Crippen LogP) is 1.35. The quantitative estimate of drug-likeness (QED) is 0.682. The van der Waals surface area contributed by atoms with E-state index in [1.54, 1.807) is 24.2 Å². The van der Waals surface area contributed by atoms with Gasteiger partial charge in [-0.15, -0.1) is 0 Å². The summed E-state index contributed by atoms with van der Waals surface area (Å²) in [7, 11) is 0. The van der Waals surface area contributed by atoms with E-state index >= 15 is 0 Å². The topological polar surface area (TPSA) is 110 Å². The van der Waals surface area contributed by atoms with Crippen LogP contribution in [0, 0.1) is 11.7 Å². The summed E-state index contributed by atoms with van der Waals surface area (Å²) in [6, 6.07) is 4.24. The summed E-state index contributed by atoms with van der Waals surface area (Å²) >= 11 is 0. The molecule has 3 N–H and O–H groups in total. The lowest BCUT2D eigenvalue weighted by Gasteiger charge is -2.37. The highest BCUT2D eigenvalue weighted by atomic mass is 19.1. The zero-order valence-corrected chi connectivity index (χ0v) is 16.9. The van der Waals surface area contributed by atoms with Crippen LogP contribution < -0.4 is 15.5 Å². The Kier molecular flexibility index (Phi) is 6.65. The van der Waals surface area contributed by atoms with Gasteiger partial charge in [-0.05, 0) is 23.8 Å². The number of aromatic amines is 1. The standard InChI is InChI=1S/C20H25FN6O3/c1-13(10-22-20(30)25-14(2)28)19(29)27-5-3-26(4-6-27)18-8-15(7-17(21)9-18)16-11-23-24-12-16/h7-9,11-13H,3-6,10H2,1-2H3,(H,23,24)(H2,22,25,28,30). The van der Waals surface area contributed by atoms with Gasteiger partial charge in [0, 0.05) is 57.1 Å². The minimum absolute atomic E-state index is 0.0731. The van der Waals surface area contributed by atoms with Crippen molar-refractivity contribution in [3.63, 3.8) is 0 Å². The molecule has 9 nitrogen and oxygen atoms in total. The fraction of sp³-hybridized carbons (Fsp3) is 0.400. The molecule has 1 saturated heterocycles. The Morgan fingerprint density at radius 3 is 2.53 bits per heavy atom. The van der Waals surface area contributed by atoms with Crippen LogP contribution in [0.1, 0.15) is 13.8 Å². The first kappa shape index (κ1) is 21.3. The van der Waals surface area contributed by atoms with Gasteiger partial charge in [0.2, 0.25) is 11.8 Å². The highest BCUT2D eigenvalue weighted by Gasteiger charge is 2.25. The maximum Gasteiger partial charge on any atom is 0.321 e. The third-order valence-electron chi connectivity index (χ3n) is 4.95. The van der Waals surface area contributed by atoms with Crippen molar-refractivity contribution >= 4 is 23.5 Å². The second-order valence-electron chi connectivity index (χ2n) is 7.29. The SMILES string of the molecule is CC(=O)NC(=O)NCC(C)C(=O)N1CCN(c2cc(F)cc(-c3cn[nH]c3)c2)CC1. The summed E-state index contributed by atoms with van der Waals surface area (Å²) in [5.41, 5.74) is 2.30. The number of hydrogen-bond donors (Lipinski definition) is 3. The van der Waals surface area contributed by atoms with Gasteiger partial charge >= 0.3 is 6.03 Å². The molecule has 160 valence electrons. The first-order valence-corrected chi connectivity index (χ1v) is 9.72. The molecular weight excluding hydrogens is 391 g/mol.